The summed E-state index contributed by atoms with van der Waals surface area (Å²) >= 11 is 0. The fourth-order valence-corrected chi connectivity index (χ4v) is 3.44. The van der Waals surface area contributed by atoms with Crippen LogP contribution in [-0.4, -0.2) is 41.7 Å². The van der Waals surface area contributed by atoms with Crippen LogP contribution >= 0.6 is 0 Å². The van der Waals surface area contributed by atoms with Crippen molar-refractivity contribution in [1.82, 2.24) is 10.2 Å². The first-order chi connectivity index (χ1) is 11.6. The summed E-state index contributed by atoms with van der Waals surface area (Å²) in [5, 5.41) is 13.3. The predicted octanol–water partition coefficient (Wildman–Crippen LogP) is 2.15. The van der Waals surface area contributed by atoms with Crippen LogP contribution in [0.2, 0.25) is 0 Å². The Kier molecular flexibility index (Phi) is 5.28. The third-order valence-corrected chi connectivity index (χ3v) is 4.69. The van der Waals surface area contributed by atoms with Gasteiger partial charge < -0.3 is 10.4 Å². The maximum atomic E-state index is 12.4. The van der Waals surface area contributed by atoms with Crippen molar-refractivity contribution in [2.75, 3.05) is 13.6 Å². The molecular formula is C20H24N2O2. The van der Waals surface area contributed by atoms with Gasteiger partial charge in [-0.2, -0.15) is 0 Å². The van der Waals surface area contributed by atoms with Gasteiger partial charge in [-0.05, 0) is 24.6 Å². The van der Waals surface area contributed by atoms with Gasteiger partial charge in [-0.15, -0.1) is 0 Å². The molecule has 2 N–H and O–H groups in total. The molecule has 0 spiro atoms. The zero-order chi connectivity index (χ0) is 16.9. The van der Waals surface area contributed by atoms with Gasteiger partial charge in [-0.3, -0.25) is 9.69 Å². The van der Waals surface area contributed by atoms with Crippen molar-refractivity contribution in [1.29, 1.82) is 0 Å². The molecule has 1 fully saturated rings. The van der Waals surface area contributed by atoms with Gasteiger partial charge in [0.25, 0.3) is 0 Å². The standard InChI is InChI=1S/C20H24N2O2/c1-22-13-12-17(19(22)16-10-6-3-7-11-16)21-20(24)18(23)14-15-8-4-2-5-9-15/h2-11,17-19,23H,12-14H2,1H3,(H,21,24)/t17-,18-,19+/m0/s1. The van der Waals surface area contributed by atoms with E-state index in [1.807, 2.05) is 48.5 Å². The van der Waals surface area contributed by atoms with Gasteiger partial charge in [0.05, 0.1) is 6.04 Å². The van der Waals surface area contributed by atoms with Crippen molar-refractivity contribution in [2.24, 2.45) is 0 Å². The molecular weight excluding hydrogens is 300 g/mol. The second kappa shape index (κ2) is 7.60. The molecule has 2 aromatic carbocycles. The van der Waals surface area contributed by atoms with Gasteiger partial charge in [0.1, 0.15) is 6.10 Å². The van der Waals surface area contributed by atoms with Gasteiger partial charge in [-0.25, -0.2) is 0 Å². The zero-order valence-electron chi connectivity index (χ0n) is 13.9. The monoisotopic (exact) mass is 324 g/mol. The lowest BCUT2D eigenvalue weighted by atomic mass is 9.99. The Bertz CT molecular complexity index is 660. The molecule has 3 atom stereocenters. The highest BCUT2D eigenvalue weighted by atomic mass is 16.3. The molecule has 1 saturated heterocycles. The third kappa shape index (κ3) is 3.83. The maximum absolute atomic E-state index is 12.4. The van der Waals surface area contributed by atoms with E-state index in [-0.39, 0.29) is 18.0 Å². The minimum Gasteiger partial charge on any atom is -0.383 e. The van der Waals surface area contributed by atoms with Crippen LogP contribution in [0.1, 0.15) is 23.6 Å². The predicted molar refractivity (Wildman–Crippen MR) is 94.5 cm³/mol. The Morgan fingerprint density at radius 3 is 2.46 bits per heavy atom. The first kappa shape index (κ1) is 16.7. The zero-order valence-corrected chi connectivity index (χ0v) is 13.9. The first-order valence-corrected chi connectivity index (χ1v) is 8.42. The molecule has 2 aromatic rings. The van der Waals surface area contributed by atoms with E-state index in [4.69, 9.17) is 0 Å². The number of benzene rings is 2. The number of aliphatic hydroxyl groups is 1. The van der Waals surface area contributed by atoms with Gasteiger partial charge in [0.15, 0.2) is 0 Å². The van der Waals surface area contributed by atoms with Crippen LogP contribution in [0.5, 0.6) is 0 Å². The van der Waals surface area contributed by atoms with E-state index in [0.29, 0.717) is 6.42 Å². The summed E-state index contributed by atoms with van der Waals surface area (Å²) in [7, 11) is 2.07. The Balaban J connectivity index is 1.64. The quantitative estimate of drug-likeness (QED) is 0.886. The number of likely N-dealkylation sites (tertiary alicyclic amines) is 1. The average molecular weight is 324 g/mol. The van der Waals surface area contributed by atoms with Crippen LogP contribution in [0, 0.1) is 0 Å². The van der Waals surface area contributed by atoms with Crippen molar-refractivity contribution in [3.05, 3.63) is 71.8 Å². The molecule has 1 heterocycles. The number of carbonyl (C=O) groups excluding carboxylic acids is 1. The molecule has 1 amide bonds. The Hall–Kier alpha value is -2.17. The Labute approximate surface area is 143 Å². The second-order valence-electron chi connectivity index (χ2n) is 6.45. The lowest BCUT2D eigenvalue weighted by molar-refractivity contribution is -0.130. The highest BCUT2D eigenvalue weighted by molar-refractivity contribution is 5.81. The summed E-state index contributed by atoms with van der Waals surface area (Å²) < 4.78 is 0. The van der Waals surface area contributed by atoms with E-state index >= 15 is 0 Å². The van der Waals surface area contributed by atoms with Gasteiger partial charge in [0.2, 0.25) is 5.91 Å². The van der Waals surface area contributed by atoms with E-state index in [1.165, 1.54) is 5.56 Å². The largest absolute Gasteiger partial charge is 0.383 e. The maximum Gasteiger partial charge on any atom is 0.249 e. The fraction of sp³-hybridized carbons (Fsp3) is 0.350. The number of likely N-dealkylation sites (N-methyl/N-ethyl adjacent to an activating group) is 1. The highest BCUT2D eigenvalue weighted by Gasteiger charge is 2.34. The molecule has 4 heteroatoms. The molecule has 3 rings (SSSR count). The van der Waals surface area contributed by atoms with Gasteiger partial charge >= 0.3 is 0 Å². The molecule has 1 aliphatic rings. The molecule has 0 unspecified atom stereocenters. The van der Waals surface area contributed by atoms with Crippen molar-refractivity contribution in [3.63, 3.8) is 0 Å². The van der Waals surface area contributed by atoms with Gasteiger partial charge in [-0.1, -0.05) is 60.7 Å². The summed E-state index contributed by atoms with van der Waals surface area (Å²) in [5.41, 5.74) is 2.16. The lowest BCUT2D eigenvalue weighted by Crippen LogP contribution is -2.44. The fourth-order valence-electron chi connectivity index (χ4n) is 3.44. The van der Waals surface area contributed by atoms with Crippen LogP contribution in [-0.2, 0) is 11.2 Å². The molecule has 0 radical (unpaired) electrons. The number of nitrogens with one attached hydrogen (secondary N) is 1. The number of rotatable bonds is 5. The molecule has 0 saturated carbocycles. The number of hydrogen-bond acceptors (Lipinski definition) is 3. The average Bonchev–Trinajstić information content (AvgIpc) is 2.97. The third-order valence-electron chi connectivity index (χ3n) is 4.69. The van der Waals surface area contributed by atoms with Crippen LogP contribution in [0.3, 0.4) is 0 Å². The summed E-state index contributed by atoms with van der Waals surface area (Å²) in [6.07, 6.45) is 0.209. The SMILES string of the molecule is CN1CC[C@H](NC(=O)[C@@H](O)Cc2ccccc2)[C@H]1c1ccccc1. The smallest absolute Gasteiger partial charge is 0.249 e. The normalized spacial score (nSPS) is 22.2. The van der Waals surface area contributed by atoms with E-state index in [9.17, 15) is 9.90 Å². The summed E-state index contributed by atoms with van der Waals surface area (Å²) in [6.45, 7) is 0.930. The van der Waals surface area contributed by atoms with Gasteiger partial charge in [0, 0.05) is 19.0 Å². The van der Waals surface area contributed by atoms with E-state index in [1.54, 1.807) is 0 Å². The first-order valence-electron chi connectivity index (χ1n) is 8.42. The Morgan fingerprint density at radius 2 is 1.79 bits per heavy atom. The van der Waals surface area contributed by atoms with Crippen molar-refractivity contribution in [2.45, 2.75) is 31.0 Å². The van der Waals surface area contributed by atoms with Crippen molar-refractivity contribution >= 4 is 5.91 Å². The lowest BCUT2D eigenvalue weighted by Gasteiger charge is -2.27. The van der Waals surface area contributed by atoms with Crippen LogP contribution in [0.15, 0.2) is 60.7 Å². The van der Waals surface area contributed by atoms with Crippen LogP contribution < -0.4 is 5.32 Å². The van der Waals surface area contributed by atoms with Crippen LogP contribution in [0.25, 0.3) is 0 Å². The summed E-state index contributed by atoms with van der Waals surface area (Å²) in [6, 6.07) is 20.0. The van der Waals surface area contributed by atoms with E-state index in [0.717, 1.165) is 18.5 Å². The number of carbonyl (C=O) groups is 1. The van der Waals surface area contributed by atoms with Crippen molar-refractivity contribution in [3.8, 4) is 0 Å². The van der Waals surface area contributed by atoms with E-state index < -0.39 is 6.10 Å². The molecule has 126 valence electrons. The highest BCUT2D eigenvalue weighted by Crippen LogP contribution is 2.30. The van der Waals surface area contributed by atoms with Crippen molar-refractivity contribution < 1.29 is 9.90 Å². The molecule has 4 nitrogen and oxygen atoms in total. The topological polar surface area (TPSA) is 52.6 Å². The summed E-state index contributed by atoms with van der Waals surface area (Å²) in [4.78, 5) is 14.7. The molecule has 0 bridgehead atoms. The number of nitrogens with zero attached hydrogens (tertiary/aromatic N) is 1. The minimum absolute atomic E-state index is 0.0234. The summed E-state index contributed by atoms with van der Waals surface area (Å²) in [5.74, 6) is -0.292. The number of aliphatic hydroxyl groups excluding tert-OH is 1. The molecule has 0 aromatic heterocycles. The molecule has 1 aliphatic heterocycles. The number of hydrogen-bond donors (Lipinski definition) is 2. The van der Waals surface area contributed by atoms with E-state index in [2.05, 4.69) is 29.4 Å². The minimum atomic E-state index is -1.02. The van der Waals surface area contributed by atoms with Crippen LogP contribution in [0.4, 0.5) is 0 Å². The Morgan fingerprint density at radius 1 is 1.17 bits per heavy atom. The second-order valence-corrected chi connectivity index (χ2v) is 6.45. The molecule has 24 heavy (non-hydrogen) atoms. The molecule has 0 aliphatic carbocycles. The number of amides is 1.